The molecule has 1 aromatic carbocycles. The lowest BCUT2D eigenvalue weighted by atomic mass is 10.2. The molecule has 3 rings (SSSR count). The van der Waals surface area contributed by atoms with Crippen molar-refractivity contribution in [2.45, 2.75) is 19.3 Å². The van der Waals surface area contributed by atoms with E-state index in [2.05, 4.69) is 17.5 Å². The molecule has 1 fully saturated rings. The van der Waals surface area contributed by atoms with Crippen LogP contribution in [-0.4, -0.2) is 12.2 Å². The van der Waals surface area contributed by atoms with Crippen molar-refractivity contribution in [1.82, 2.24) is 0 Å². The van der Waals surface area contributed by atoms with Gasteiger partial charge in [-0.05, 0) is 42.2 Å². The topological polar surface area (TPSA) is 77.7 Å². The van der Waals surface area contributed by atoms with Gasteiger partial charge in [-0.3, -0.25) is 5.43 Å². The van der Waals surface area contributed by atoms with Crippen molar-refractivity contribution in [3.8, 4) is 0 Å². The van der Waals surface area contributed by atoms with E-state index in [1.165, 1.54) is 18.6 Å². The van der Waals surface area contributed by atoms with Gasteiger partial charge in [0.05, 0.1) is 17.9 Å². The van der Waals surface area contributed by atoms with E-state index < -0.39 is 5.97 Å². The van der Waals surface area contributed by atoms with E-state index in [0.717, 1.165) is 5.76 Å². The molecular formula is C16H15N2O3-. The number of carboxylic acids is 1. The minimum atomic E-state index is -1.19. The van der Waals surface area contributed by atoms with E-state index in [1.807, 2.05) is 12.1 Å². The summed E-state index contributed by atoms with van der Waals surface area (Å²) < 4.78 is 5.69. The number of aromatic carboxylic acids is 1. The quantitative estimate of drug-likeness (QED) is 0.674. The van der Waals surface area contributed by atoms with Crippen molar-refractivity contribution in [2.75, 3.05) is 5.43 Å². The van der Waals surface area contributed by atoms with Gasteiger partial charge in [-0.15, -0.1) is 0 Å². The molecule has 108 valence electrons. The predicted octanol–water partition coefficient (Wildman–Crippen LogP) is 2.21. The second-order valence-electron chi connectivity index (χ2n) is 5.29. The number of hydrogen-bond donors (Lipinski definition) is 1. The molecule has 0 radical (unpaired) electrons. The van der Waals surface area contributed by atoms with Crippen molar-refractivity contribution in [3.05, 3.63) is 53.5 Å². The Morgan fingerprint density at radius 1 is 1.33 bits per heavy atom. The molecule has 1 N–H and O–H groups in total. The average Bonchev–Trinajstić information content (AvgIpc) is 3.01. The fraction of sp³-hybridized carbons (Fsp3) is 0.250. The van der Waals surface area contributed by atoms with E-state index in [1.54, 1.807) is 18.3 Å². The number of carboxylic acid groups (broad SMARTS) is 1. The van der Waals surface area contributed by atoms with Crippen molar-refractivity contribution >= 4 is 17.9 Å². The summed E-state index contributed by atoms with van der Waals surface area (Å²) in [5, 5.41) is 14.7. The number of rotatable bonds is 5. The number of hydrogen-bond acceptors (Lipinski definition) is 5. The fourth-order valence-corrected chi connectivity index (χ4v) is 2.21. The molecule has 21 heavy (non-hydrogen) atoms. The monoisotopic (exact) mass is 283 g/mol. The Morgan fingerprint density at radius 2 is 2.05 bits per heavy atom. The lowest BCUT2D eigenvalue weighted by molar-refractivity contribution is -0.255. The van der Waals surface area contributed by atoms with E-state index >= 15 is 0 Å². The first-order valence-electron chi connectivity index (χ1n) is 6.83. The van der Waals surface area contributed by atoms with Crippen LogP contribution in [0.2, 0.25) is 0 Å². The highest BCUT2D eigenvalue weighted by Gasteiger charge is 2.36. The number of carbonyl (C=O) groups is 1. The summed E-state index contributed by atoms with van der Waals surface area (Å²) in [6.45, 7) is 2.21. The van der Waals surface area contributed by atoms with Gasteiger partial charge in [-0.25, -0.2) is 0 Å². The molecule has 0 unspecified atom stereocenters. The molecule has 1 heterocycles. The van der Waals surface area contributed by atoms with Crippen LogP contribution in [0.4, 0.5) is 5.69 Å². The van der Waals surface area contributed by atoms with Crippen LogP contribution < -0.4 is 10.5 Å². The van der Waals surface area contributed by atoms with Crippen LogP contribution in [-0.2, 0) is 0 Å². The number of anilines is 1. The van der Waals surface area contributed by atoms with Crippen LogP contribution >= 0.6 is 0 Å². The standard InChI is InChI=1S/C16H16N2O3/c1-10-8-14(10)15-7-6-13(21-15)9-17-18-12-4-2-11(3-5-12)16(19)20/h2-7,9-10,14,18H,8H2,1H3,(H,19,20)/p-1/b17-9-/t10-,14-/m0/s1. The summed E-state index contributed by atoms with van der Waals surface area (Å²) in [6, 6.07) is 10.1. The number of hydrazone groups is 1. The maximum absolute atomic E-state index is 10.6. The van der Waals surface area contributed by atoms with Crippen LogP contribution in [0.5, 0.6) is 0 Å². The molecule has 1 aliphatic rings. The first kappa shape index (κ1) is 13.4. The molecule has 1 saturated carbocycles. The van der Waals surface area contributed by atoms with E-state index in [-0.39, 0.29) is 5.56 Å². The largest absolute Gasteiger partial charge is 0.545 e. The smallest absolute Gasteiger partial charge is 0.147 e. The molecule has 0 spiro atoms. The van der Waals surface area contributed by atoms with Crippen LogP contribution in [0, 0.1) is 5.92 Å². The third kappa shape index (κ3) is 3.13. The number of benzene rings is 1. The molecule has 2 atom stereocenters. The molecule has 1 aromatic heterocycles. The molecule has 0 bridgehead atoms. The second-order valence-corrected chi connectivity index (χ2v) is 5.29. The van der Waals surface area contributed by atoms with Crippen molar-refractivity contribution in [3.63, 3.8) is 0 Å². The molecule has 0 saturated heterocycles. The summed E-state index contributed by atoms with van der Waals surface area (Å²) >= 11 is 0. The Labute approximate surface area is 122 Å². The van der Waals surface area contributed by atoms with Gasteiger partial charge in [0.15, 0.2) is 0 Å². The Kier molecular flexibility index (Phi) is 3.48. The Hall–Kier alpha value is -2.56. The summed E-state index contributed by atoms with van der Waals surface area (Å²) in [5.74, 6) is 1.78. The highest BCUT2D eigenvalue weighted by molar-refractivity contribution is 5.86. The predicted molar refractivity (Wildman–Crippen MR) is 77.2 cm³/mol. The Morgan fingerprint density at radius 3 is 2.67 bits per heavy atom. The zero-order chi connectivity index (χ0) is 14.8. The van der Waals surface area contributed by atoms with Crippen molar-refractivity contribution < 1.29 is 14.3 Å². The van der Waals surface area contributed by atoms with Gasteiger partial charge in [0, 0.05) is 5.92 Å². The molecule has 1 aliphatic carbocycles. The van der Waals surface area contributed by atoms with E-state index in [4.69, 9.17) is 4.42 Å². The number of nitrogens with one attached hydrogen (secondary N) is 1. The van der Waals surface area contributed by atoms with Gasteiger partial charge in [0.25, 0.3) is 0 Å². The molecule has 5 nitrogen and oxygen atoms in total. The zero-order valence-corrected chi connectivity index (χ0v) is 11.6. The summed E-state index contributed by atoms with van der Waals surface area (Å²) in [6.07, 6.45) is 2.79. The lowest BCUT2D eigenvalue weighted by Crippen LogP contribution is -2.21. The van der Waals surface area contributed by atoms with Crippen molar-refractivity contribution in [2.24, 2.45) is 11.0 Å². The molecule has 0 amide bonds. The third-order valence-electron chi connectivity index (χ3n) is 3.63. The van der Waals surface area contributed by atoms with Gasteiger partial charge < -0.3 is 14.3 Å². The van der Waals surface area contributed by atoms with Gasteiger partial charge in [-0.1, -0.05) is 19.1 Å². The third-order valence-corrected chi connectivity index (χ3v) is 3.63. The summed E-state index contributed by atoms with van der Waals surface area (Å²) in [4.78, 5) is 10.6. The van der Waals surface area contributed by atoms with Crippen LogP contribution in [0.25, 0.3) is 0 Å². The fourth-order valence-electron chi connectivity index (χ4n) is 2.21. The zero-order valence-electron chi connectivity index (χ0n) is 11.6. The van der Waals surface area contributed by atoms with Crippen LogP contribution in [0.15, 0.2) is 45.9 Å². The maximum atomic E-state index is 10.6. The van der Waals surface area contributed by atoms with Crippen LogP contribution in [0.1, 0.15) is 41.1 Å². The van der Waals surface area contributed by atoms with Crippen LogP contribution in [0.3, 0.4) is 0 Å². The van der Waals surface area contributed by atoms with Gasteiger partial charge in [-0.2, -0.15) is 5.10 Å². The van der Waals surface area contributed by atoms with E-state index in [0.29, 0.717) is 23.3 Å². The lowest BCUT2D eigenvalue weighted by Gasteiger charge is -2.03. The minimum Gasteiger partial charge on any atom is -0.545 e. The Balaban J connectivity index is 1.59. The Bertz CT molecular complexity index is 673. The minimum absolute atomic E-state index is 0.138. The average molecular weight is 283 g/mol. The normalized spacial score (nSPS) is 20.6. The van der Waals surface area contributed by atoms with Gasteiger partial charge in [0.2, 0.25) is 0 Å². The number of nitrogens with zero attached hydrogens (tertiary/aromatic N) is 1. The maximum Gasteiger partial charge on any atom is 0.147 e. The van der Waals surface area contributed by atoms with Gasteiger partial charge in [0.1, 0.15) is 11.5 Å². The van der Waals surface area contributed by atoms with E-state index in [9.17, 15) is 9.90 Å². The SMILES string of the molecule is C[C@H]1C[C@@H]1c1ccc(/C=N\Nc2ccc(C(=O)[O-])cc2)o1. The highest BCUT2D eigenvalue weighted by atomic mass is 16.4. The number of furan rings is 1. The summed E-state index contributed by atoms with van der Waals surface area (Å²) in [5.41, 5.74) is 3.65. The molecular weight excluding hydrogens is 268 g/mol. The first-order chi connectivity index (χ1) is 10.1. The second kappa shape index (κ2) is 5.44. The molecule has 5 heteroatoms. The first-order valence-corrected chi connectivity index (χ1v) is 6.83. The summed E-state index contributed by atoms with van der Waals surface area (Å²) in [7, 11) is 0. The molecule has 2 aromatic rings. The number of carbonyl (C=O) groups excluding carboxylic acids is 1. The highest BCUT2D eigenvalue weighted by Crippen LogP contribution is 2.47. The van der Waals surface area contributed by atoms with Gasteiger partial charge >= 0.3 is 0 Å². The molecule has 0 aliphatic heterocycles. The van der Waals surface area contributed by atoms with Crippen molar-refractivity contribution in [1.29, 1.82) is 0 Å².